The second-order valence-corrected chi connectivity index (χ2v) is 4.63. The second-order valence-electron chi connectivity index (χ2n) is 3.27. The van der Waals surface area contributed by atoms with Crippen LogP contribution in [-0.2, 0) is 10.1 Å². The number of methoxy groups -OCH3 is 1. The molecular formula is C10H14KNO4S. The van der Waals surface area contributed by atoms with Crippen LogP contribution in [0.25, 0.3) is 0 Å². The van der Waals surface area contributed by atoms with Gasteiger partial charge >= 0.3 is 51.4 Å². The van der Waals surface area contributed by atoms with E-state index >= 15 is 0 Å². The molecule has 0 spiro atoms. The molecule has 5 nitrogen and oxygen atoms in total. The third-order valence-corrected chi connectivity index (χ3v) is 2.53. The molecule has 0 saturated heterocycles. The van der Waals surface area contributed by atoms with Crippen LogP contribution >= 0.6 is 0 Å². The van der Waals surface area contributed by atoms with Crippen LogP contribution in [0.15, 0.2) is 18.2 Å². The van der Waals surface area contributed by atoms with Gasteiger partial charge in [-0.25, -0.2) is 8.42 Å². The average Bonchev–Trinajstić information content (AvgIpc) is 2.16. The normalized spacial score (nSPS) is 10.5. The topological polar surface area (TPSA) is 75.6 Å². The maximum atomic E-state index is 10.5. The van der Waals surface area contributed by atoms with Crippen molar-refractivity contribution in [3.63, 3.8) is 0 Å². The van der Waals surface area contributed by atoms with Crippen molar-refractivity contribution in [2.24, 2.45) is 0 Å². The van der Waals surface area contributed by atoms with E-state index in [4.69, 9.17) is 9.29 Å². The summed E-state index contributed by atoms with van der Waals surface area (Å²) in [5.74, 6) is 1.41. The molecule has 0 aliphatic rings. The van der Waals surface area contributed by atoms with Crippen LogP contribution in [0.4, 0.5) is 5.69 Å². The summed E-state index contributed by atoms with van der Waals surface area (Å²) in [6.07, 6.45) is 0. The van der Waals surface area contributed by atoms with Gasteiger partial charge in [0.15, 0.2) is 0 Å². The molecule has 0 aromatic heterocycles. The fourth-order valence-electron chi connectivity index (χ4n) is 1.22. The van der Waals surface area contributed by atoms with Gasteiger partial charge in [0.1, 0.15) is 15.9 Å². The van der Waals surface area contributed by atoms with Gasteiger partial charge in [0.2, 0.25) is 0 Å². The van der Waals surface area contributed by atoms with Crippen molar-refractivity contribution in [1.82, 2.24) is 0 Å². The summed E-state index contributed by atoms with van der Waals surface area (Å²) in [7, 11) is -2.52. The Hall–Kier alpha value is 0.366. The Bertz CT molecular complexity index is 461. The smallest absolute Gasteiger partial charge is 0.495 e. The van der Waals surface area contributed by atoms with Gasteiger partial charge in [0.25, 0.3) is 0 Å². The molecule has 0 saturated carbocycles. The molecule has 0 heterocycles. The van der Waals surface area contributed by atoms with Crippen molar-refractivity contribution in [3.05, 3.63) is 29.5 Å². The SMILES string of the molecule is COc1ccc(C)cc1NC[CH-]S(=O)(=O)O.[K+]. The molecule has 1 aromatic rings. The molecule has 17 heavy (non-hydrogen) atoms. The van der Waals surface area contributed by atoms with Crippen LogP contribution in [0.1, 0.15) is 5.56 Å². The van der Waals surface area contributed by atoms with Crippen molar-refractivity contribution >= 4 is 15.8 Å². The molecule has 0 bridgehead atoms. The largest absolute Gasteiger partial charge is 1.00 e. The molecule has 0 amide bonds. The van der Waals surface area contributed by atoms with E-state index < -0.39 is 10.1 Å². The summed E-state index contributed by atoms with van der Waals surface area (Å²) < 4.78 is 34.6. The summed E-state index contributed by atoms with van der Waals surface area (Å²) >= 11 is 0. The first kappa shape index (κ1) is 17.4. The van der Waals surface area contributed by atoms with Crippen LogP contribution in [0.5, 0.6) is 5.75 Å². The Morgan fingerprint density at radius 1 is 1.47 bits per heavy atom. The summed E-state index contributed by atoms with van der Waals surface area (Å²) in [6.45, 7) is 1.93. The Morgan fingerprint density at radius 3 is 2.65 bits per heavy atom. The first-order valence-electron chi connectivity index (χ1n) is 4.61. The molecule has 1 aromatic carbocycles. The van der Waals surface area contributed by atoms with Crippen molar-refractivity contribution in [2.75, 3.05) is 19.0 Å². The van der Waals surface area contributed by atoms with Crippen molar-refractivity contribution in [2.45, 2.75) is 6.92 Å². The predicted octanol–water partition coefficient (Wildman–Crippen LogP) is -1.53. The third kappa shape index (κ3) is 6.75. The van der Waals surface area contributed by atoms with E-state index in [1.54, 1.807) is 6.07 Å². The summed E-state index contributed by atoms with van der Waals surface area (Å²) in [5.41, 5.74) is 1.71. The van der Waals surface area contributed by atoms with E-state index in [2.05, 4.69) is 5.32 Å². The Kier molecular flexibility index (Phi) is 7.89. The first-order valence-corrected chi connectivity index (χ1v) is 6.12. The number of nitrogens with one attached hydrogen (secondary N) is 1. The standard InChI is InChI=1S/C10H14NO4S.K/c1-8-3-4-10(15-2)9(7-8)11-5-6-16(12,13)14;/h3-4,6-7,11H,5H2,1-2H3,(H,12,13,14);/q-1;+1. The number of hydrogen-bond donors (Lipinski definition) is 2. The predicted molar refractivity (Wildman–Crippen MR) is 62.1 cm³/mol. The summed E-state index contributed by atoms with van der Waals surface area (Å²) in [5, 5.41) is 2.84. The van der Waals surface area contributed by atoms with Gasteiger partial charge in [-0.3, -0.25) is 0 Å². The molecule has 0 aliphatic heterocycles. The van der Waals surface area contributed by atoms with E-state index in [0.717, 1.165) is 11.3 Å². The first-order chi connectivity index (χ1) is 7.42. The minimum absolute atomic E-state index is 0. The molecule has 90 valence electrons. The number of ether oxygens (including phenoxy) is 1. The van der Waals surface area contributed by atoms with Gasteiger partial charge in [0, 0.05) is 0 Å². The number of benzene rings is 1. The molecule has 1 rings (SSSR count). The van der Waals surface area contributed by atoms with E-state index in [1.165, 1.54) is 7.11 Å². The number of aryl methyl sites for hydroxylation is 1. The van der Waals surface area contributed by atoms with Crippen LogP contribution in [0.3, 0.4) is 0 Å². The van der Waals surface area contributed by atoms with E-state index in [1.807, 2.05) is 19.1 Å². The van der Waals surface area contributed by atoms with Crippen LogP contribution < -0.4 is 61.4 Å². The average molecular weight is 283 g/mol. The minimum atomic E-state index is -4.05. The van der Waals surface area contributed by atoms with Gasteiger partial charge in [0.05, 0.1) is 12.8 Å². The fraction of sp³-hybridized carbons (Fsp3) is 0.300. The maximum absolute atomic E-state index is 10.5. The van der Waals surface area contributed by atoms with Crippen LogP contribution in [-0.4, -0.2) is 26.6 Å². The van der Waals surface area contributed by atoms with Gasteiger partial charge in [-0.15, -0.1) is 0 Å². The van der Waals surface area contributed by atoms with Crippen molar-refractivity contribution < 1.29 is 69.1 Å². The maximum Gasteiger partial charge on any atom is 1.00 e. The summed E-state index contributed by atoms with van der Waals surface area (Å²) in [6, 6.07) is 5.50. The molecule has 0 aliphatic carbocycles. The summed E-state index contributed by atoms with van der Waals surface area (Å²) in [4.78, 5) is 0. The molecule has 7 heteroatoms. The van der Waals surface area contributed by atoms with E-state index in [9.17, 15) is 8.42 Å². The van der Waals surface area contributed by atoms with Gasteiger partial charge in [-0.2, -0.15) is 5.75 Å². The Balaban J connectivity index is 0.00000256. The number of anilines is 1. The van der Waals surface area contributed by atoms with E-state index in [-0.39, 0.29) is 57.9 Å². The van der Waals surface area contributed by atoms with Crippen molar-refractivity contribution in [1.29, 1.82) is 0 Å². The number of hydrogen-bond acceptors (Lipinski definition) is 4. The zero-order valence-corrected chi connectivity index (χ0v) is 14.0. The van der Waals surface area contributed by atoms with Crippen molar-refractivity contribution in [3.8, 4) is 5.75 Å². The fourth-order valence-corrected chi connectivity index (χ4v) is 1.51. The van der Waals surface area contributed by atoms with Gasteiger partial charge < -0.3 is 14.6 Å². The van der Waals surface area contributed by atoms with E-state index in [0.29, 0.717) is 11.4 Å². The molecule has 0 atom stereocenters. The quantitative estimate of drug-likeness (QED) is 0.389. The van der Waals surface area contributed by atoms with Crippen LogP contribution in [0.2, 0.25) is 0 Å². The zero-order valence-electron chi connectivity index (χ0n) is 10.1. The second kappa shape index (κ2) is 7.73. The monoisotopic (exact) mass is 283 g/mol. The van der Waals surface area contributed by atoms with Gasteiger partial charge in [-0.1, -0.05) is 12.6 Å². The molecule has 0 unspecified atom stereocenters. The third-order valence-electron chi connectivity index (χ3n) is 1.94. The van der Waals surface area contributed by atoms with Gasteiger partial charge in [-0.05, 0) is 24.6 Å². The molecular weight excluding hydrogens is 269 g/mol. The Labute approximate surface area is 144 Å². The number of rotatable bonds is 5. The Morgan fingerprint density at radius 2 is 2.12 bits per heavy atom. The molecule has 0 radical (unpaired) electrons. The molecule has 0 fully saturated rings. The van der Waals surface area contributed by atoms with Crippen LogP contribution in [0, 0.1) is 12.7 Å². The molecule has 2 N–H and O–H groups in total. The minimum Gasteiger partial charge on any atom is -0.495 e. The zero-order chi connectivity index (χ0) is 12.2.